The molecule has 0 aromatic carbocycles. The number of nitrogens with two attached hydrogens (primary N) is 1. The van der Waals surface area contributed by atoms with E-state index in [4.69, 9.17) is 5.73 Å². The zero-order valence-corrected chi connectivity index (χ0v) is 12.9. The highest BCUT2D eigenvalue weighted by Gasteiger charge is 2.22. The van der Waals surface area contributed by atoms with Crippen LogP contribution < -0.4 is 5.73 Å². The summed E-state index contributed by atoms with van der Waals surface area (Å²) in [5, 5.41) is 0. The van der Waals surface area contributed by atoms with E-state index in [1.807, 2.05) is 13.8 Å². The highest BCUT2D eigenvalue weighted by Crippen LogP contribution is 2.16. The van der Waals surface area contributed by atoms with Gasteiger partial charge in [-0.3, -0.25) is 4.98 Å². The molecule has 110 valence electrons. The quantitative estimate of drug-likeness (QED) is 0.824. The molecule has 1 rings (SSSR count). The van der Waals surface area contributed by atoms with Crippen molar-refractivity contribution in [3.63, 3.8) is 0 Å². The predicted octanol–water partition coefficient (Wildman–Crippen LogP) is 1.06. The van der Waals surface area contributed by atoms with Gasteiger partial charge in [-0.15, -0.1) is 0 Å². The lowest BCUT2D eigenvalue weighted by Crippen LogP contribution is -2.31. The van der Waals surface area contributed by atoms with Crippen molar-refractivity contribution < 1.29 is 8.42 Å². The Balaban J connectivity index is 3.03. The normalized spacial score (nSPS) is 12.8. The van der Waals surface area contributed by atoms with Crippen molar-refractivity contribution in [1.29, 1.82) is 0 Å². The van der Waals surface area contributed by atoms with Crippen LogP contribution in [-0.4, -0.2) is 37.8 Å². The molecule has 20 heavy (non-hydrogen) atoms. The van der Waals surface area contributed by atoms with Crippen LogP contribution in [0.5, 0.6) is 0 Å². The molecule has 2 N–H and O–H groups in total. The zero-order valence-electron chi connectivity index (χ0n) is 12.1. The summed E-state index contributed by atoms with van der Waals surface area (Å²) in [6.45, 7) is 4.77. The Morgan fingerprint density at radius 1 is 1.45 bits per heavy atom. The number of rotatable bonds is 5. The van der Waals surface area contributed by atoms with E-state index in [0.717, 1.165) is 6.42 Å². The Labute approximate surface area is 121 Å². The van der Waals surface area contributed by atoms with Crippen molar-refractivity contribution >= 4 is 10.0 Å². The summed E-state index contributed by atoms with van der Waals surface area (Å²) in [6.07, 6.45) is 3.80. The molecule has 0 fully saturated rings. The molecule has 0 amide bonds. The fraction of sp³-hybridized carbons (Fsp3) is 0.500. The van der Waals surface area contributed by atoms with Gasteiger partial charge in [-0.25, -0.2) is 12.7 Å². The van der Waals surface area contributed by atoms with Crippen molar-refractivity contribution in [2.75, 3.05) is 20.1 Å². The Bertz CT molecular complexity index is 602. The van der Waals surface area contributed by atoms with E-state index in [1.165, 1.54) is 22.8 Å². The Hall–Kier alpha value is -1.42. The molecule has 1 heterocycles. The number of pyridine rings is 1. The summed E-state index contributed by atoms with van der Waals surface area (Å²) in [7, 11) is -1.94. The molecular formula is C14H21N3O2S. The van der Waals surface area contributed by atoms with Crippen molar-refractivity contribution in [2.45, 2.75) is 25.2 Å². The van der Waals surface area contributed by atoms with Crippen LogP contribution >= 0.6 is 0 Å². The molecule has 0 aliphatic rings. The van der Waals surface area contributed by atoms with E-state index in [2.05, 4.69) is 16.8 Å². The van der Waals surface area contributed by atoms with Gasteiger partial charge in [0.05, 0.1) is 6.54 Å². The van der Waals surface area contributed by atoms with Crippen molar-refractivity contribution in [3.8, 4) is 11.8 Å². The van der Waals surface area contributed by atoms with Crippen LogP contribution in [-0.2, 0) is 10.0 Å². The zero-order chi connectivity index (χ0) is 15.2. The van der Waals surface area contributed by atoms with Gasteiger partial charge in [0.25, 0.3) is 0 Å². The maximum Gasteiger partial charge on any atom is 0.244 e. The van der Waals surface area contributed by atoms with Crippen molar-refractivity contribution in [2.24, 2.45) is 11.7 Å². The summed E-state index contributed by atoms with van der Waals surface area (Å²) < 4.78 is 26.2. The lowest BCUT2D eigenvalue weighted by molar-refractivity contribution is 0.393. The summed E-state index contributed by atoms with van der Waals surface area (Å²) in [4.78, 5) is 4.10. The van der Waals surface area contributed by atoms with Crippen molar-refractivity contribution in [3.05, 3.63) is 24.0 Å². The van der Waals surface area contributed by atoms with Gasteiger partial charge in [0.1, 0.15) is 4.90 Å². The second kappa shape index (κ2) is 7.39. The molecule has 0 aliphatic carbocycles. The molecule has 0 aliphatic heterocycles. The van der Waals surface area contributed by atoms with Crippen LogP contribution in [0.1, 0.15) is 25.8 Å². The molecule has 1 aromatic rings. The van der Waals surface area contributed by atoms with E-state index in [1.54, 1.807) is 7.05 Å². The van der Waals surface area contributed by atoms with Gasteiger partial charge < -0.3 is 5.73 Å². The smallest absolute Gasteiger partial charge is 0.244 e. The lowest BCUT2D eigenvalue weighted by atomic mass is 10.1. The van der Waals surface area contributed by atoms with Gasteiger partial charge in [-0.2, -0.15) is 0 Å². The second-order valence-corrected chi connectivity index (χ2v) is 6.76. The van der Waals surface area contributed by atoms with Crippen molar-refractivity contribution in [1.82, 2.24) is 9.29 Å². The highest BCUT2D eigenvalue weighted by atomic mass is 32.2. The molecule has 0 saturated carbocycles. The maximum atomic E-state index is 12.4. The first-order valence-electron chi connectivity index (χ1n) is 6.52. The number of hydrogen-bond donors (Lipinski definition) is 1. The molecule has 0 spiro atoms. The minimum absolute atomic E-state index is 0.159. The maximum absolute atomic E-state index is 12.4. The highest BCUT2D eigenvalue weighted by molar-refractivity contribution is 7.89. The molecule has 1 aromatic heterocycles. The van der Waals surface area contributed by atoms with Gasteiger partial charge in [0.2, 0.25) is 10.0 Å². The number of aromatic nitrogens is 1. The first-order chi connectivity index (χ1) is 9.41. The van der Waals surface area contributed by atoms with Crippen LogP contribution in [0.2, 0.25) is 0 Å². The Morgan fingerprint density at radius 2 is 2.15 bits per heavy atom. The van der Waals surface area contributed by atoms with E-state index in [0.29, 0.717) is 18.0 Å². The van der Waals surface area contributed by atoms with Crippen LogP contribution in [0.4, 0.5) is 0 Å². The largest absolute Gasteiger partial charge is 0.320 e. The molecule has 0 radical (unpaired) electrons. The standard InChI is InChI=1S/C14H21N3O2S/c1-4-12(2)11-17(3)20(18,19)14-8-13(6-5-7-15)9-16-10-14/h8-10,12H,4,7,11,15H2,1-3H3. The first kappa shape index (κ1) is 16.6. The van der Waals surface area contributed by atoms with E-state index < -0.39 is 10.0 Å². The topological polar surface area (TPSA) is 76.3 Å². The summed E-state index contributed by atoms with van der Waals surface area (Å²) >= 11 is 0. The predicted molar refractivity (Wildman–Crippen MR) is 79.4 cm³/mol. The second-order valence-electron chi connectivity index (χ2n) is 4.71. The molecule has 0 bridgehead atoms. The average Bonchev–Trinajstić information content (AvgIpc) is 2.45. The average molecular weight is 295 g/mol. The van der Waals surface area contributed by atoms with Gasteiger partial charge >= 0.3 is 0 Å². The minimum atomic E-state index is -3.52. The summed E-state index contributed by atoms with van der Waals surface area (Å²) in [6, 6.07) is 1.53. The van der Waals surface area contributed by atoms with Gasteiger partial charge in [0.15, 0.2) is 0 Å². The van der Waals surface area contributed by atoms with Crippen LogP contribution in [0.25, 0.3) is 0 Å². The molecule has 5 nitrogen and oxygen atoms in total. The molecule has 6 heteroatoms. The van der Waals surface area contributed by atoms with Crippen LogP contribution in [0.3, 0.4) is 0 Å². The molecule has 0 saturated heterocycles. The molecular weight excluding hydrogens is 274 g/mol. The minimum Gasteiger partial charge on any atom is -0.320 e. The fourth-order valence-electron chi connectivity index (χ4n) is 1.63. The third kappa shape index (κ3) is 4.30. The summed E-state index contributed by atoms with van der Waals surface area (Å²) in [5.41, 5.74) is 5.85. The van der Waals surface area contributed by atoms with Gasteiger partial charge in [-0.1, -0.05) is 32.1 Å². The van der Waals surface area contributed by atoms with E-state index in [-0.39, 0.29) is 11.4 Å². The van der Waals surface area contributed by atoms with Crippen LogP contribution in [0, 0.1) is 17.8 Å². The molecule has 1 atom stereocenters. The SMILES string of the molecule is CCC(C)CN(C)S(=O)(=O)c1cncc(C#CCN)c1. The monoisotopic (exact) mass is 295 g/mol. The van der Waals surface area contributed by atoms with Crippen LogP contribution in [0.15, 0.2) is 23.4 Å². The Morgan fingerprint density at radius 3 is 2.75 bits per heavy atom. The third-order valence-corrected chi connectivity index (χ3v) is 4.81. The Kier molecular flexibility index (Phi) is 6.14. The van der Waals surface area contributed by atoms with E-state index >= 15 is 0 Å². The van der Waals surface area contributed by atoms with Gasteiger partial charge in [0, 0.05) is 31.5 Å². The van der Waals surface area contributed by atoms with Gasteiger partial charge in [-0.05, 0) is 12.0 Å². The summed E-state index contributed by atoms with van der Waals surface area (Å²) in [5.74, 6) is 5.78. The first-order valence-corrected chi connectivity index (χ1v) is 7.96. The van der Waals surface area contributed by atoms with E-state index in [9.17, 15) is 8.42 Å². The number of nitrogens with zero attached hydrogens (tertiary/aromatic N) is 2. The number of sulfonamides is 1. The molecule has 1 unspecified atom stereocenters. The third-order valence-electron chi connectivity index (χ3n) is 3.02. The fourth-order valence-corrected chi connectivity index (χ4v) is 2.91. The number of hydrogen-bond acceptors (Lipinski definition) is 4. The lowest BCUT2D eigenvalue weighted by Gasteiger charge is -2.20.